The van der Waals surface area contributed by atoms with E-state index in [1.165, 1.54) is 4.52 Å². The number of fused-ring (bicyclic) bond motifs is 2. The summed E-state index contributed by atoms with van der Waals surface area (Å²) >= 11 is 0. The summed E-state index contributed by atoms with van der Waals surface area (Å²) in [6, 6.07) is 11.1. The Balaban J connectivity index is 1.18. The summed E-state index contributed by atoms with van der Waals surface area (Å²) in [7, 11) is 0. The molecule has 3 aromatic heterocycles. The fourth-order valence-corrected chi connectivity index (χ4v) is 5.18. The van der Waals surface area contributed by atoms with Gasteiger partial charge in [0.2, 0.25) is 5.91 Å². The SMILES string of the molecule is Cc1ncc(NC(=O)CN2CCC[C@@H]2C)cc1NC(=O)c1nnn2cc(-c3ccc4c(c3)C(=O)NCCO4)ccc12. The summed E-state index contributed by atoms with van der Waals surface area (Å²) in [6.45, 7) is 5.99. The number of carbonyl (C=O) groups excluding carboxylic acids is 3. The summed E-state index contributed by atoms with van der Waals surface area (Å²) in [5, 5.41) is 16.8. The molecule has 3 N–H and O–H groups in total. The van der Waals surface area contributed by atoms with E-state index in [0.29, 0.717) is 59.6 Å². The zero-order chi connectivity index (χ0) is 28.5. The van der Waals surface area contributed by atoms with Gasteiger partial charge in [0.1, 0.15) is 12.4 Å². The maximum absolute atomic E-state index is 13.2. The molecule has 41 heavy (non-hydrogen) atoms. The van der Waals surface area contributed by atoms with Gasteiger partial charge in [-0.2, -0.15) is 0 Å². The molecule has 12 heteroatoms. The zero-order valence-corrected chi connectivity index (χ0v) is 22.8. The first-order valence-electron chi connectivity index (χ1n) is 13.6. The van der Waals surface area contributed by atoms with E-state index in [4.69, 9.17) is 4.74 Å². The Morgan fingerprint density at radius 1 is 1.15 bits per heavy atom. The van der Waals surface area contributed by atoms with Gasteiger partial charge in [-0.15, -0.1) is 5.10 Å². The molecule has 0 aliphatic carbocycles. The summed E-state index contributed by atoms with van der Waals surface area (Å²) in [6.07, 6.45) is 5.51. The number of aryl methyl sites for hydroxylation is 1. The molecule has 12 nitrogen and oxygen atoms in total. The van der Waals surface area contributed by atoms with Crippen LogP contribution in [0.25, 0.3) is 16.6 Å². The van der Waals surface area contributed by atoms with Crippen LogP contribution >= 0.6 is 0 Å². The van der Waals surface area contributed by atoms with Crippen LogP contribution in [0.5, 0.6) is 5.75 Å². The molecular formula is C29H30N8O4. The highest BCUT2D eigenvalue weighted by atomic mass is 16.5. The van der Waals surface area contributed by atoms with E-state index in [-0.39, 0.29) is 17.5 Å². The number of nitrogens with one attached hydrogen (secondary N) is 3. The molecule has 3 amide bonds. The smallest absolute Gasteiger partial charge is 0.278 e. The maximum atomic E-state index is 13.2. The lowest BCUT2D eigenvalue weighted by atomic mass is 10.0. The Morgan fingerprint density at radius 3 is 2.83 bits per heavy atom. The first-order chi connectivity index (χ1) is 19.9. The monoisotopic (exact) mass is 554 g/mol. The van der Waals surface area contributed by atoms with Crippen LogP contribution in [0.4, 0.5) is 11.4 Å². The van der Waals surface area contributed by atoms with Gasteiger partial charge in [-0.3, -0.25) is 24.3 Å². The average Bonchev–Trinajstić information content (AvgIpc) is 3.52. The first kappa shape index (κ1) is 26.4. The minimum absolute atomic E-state index is 0.121. The third kappa shape index (κ3) is 5.46. The fraction of sp³-hybridized carbons (Fsp3) is 0.310. The van der Waals surface area contributed by atoms with Gasteiger partial charge in [-0.25, -0.2) is 4.52 Å². The minimum Gasteiger partial charge on any atom is -0.491 e. The zero-order valence-electron chi connectivity index (χ0n) is 22.8. The molecule has 0 saturated carbocycles. The van der Waals surface area contributed by atoms with Gasteiger partial charge in [0, 0.05) is 17.8 Å². The van der Waals surface area contributed by atoms with Gasteiger partial charge >= 0.3 is 0 Å². The number of nitrogens with zero attached hydrogens (tertiary/aromatic N) is 5. The second-order valence-corrected chi connectivity index (χ2v) is 10.3. The van der Waals surface area contributed by atoms with Crippen LogP contribution in [0.3, 0.4) is 0 Å². The number of anilines is 2. The van der Waals surface area contributed by atoms with Gasteiger partial charge in [0.15, 0.2) is 5.69 Å². The second kappa shape index (κ2) is 11.0. The molecule has 2 aliphatic rings. The molecule has 210 valence electrons. The number of ether oxygens (including phenoxy) is 1. The van der Waals surface area contributed by atoms with Crippen LogP contribution in [-0.2, 0) is 4.79 Å². The lowest BCUT2D eigenvalue weighted by Crippen LogP contribution is -2.35. The summed E-state index contributed by atoms with van der Waals surface area (Å²) in [5.41, 5.74) is 4.27. The Bertz CT molecular complexity index is 1670. The van der Waals surface area contributed by atoms with Crippen LogP contribution in [0.1, 0.15) is 46.3 Å². The number of pyridine rings is 2. The quantitative estimate of drug-likeness (QED) is 0.330. The molecule has 5 heterocycles. The summed E-state index contributed by atoms with van der Waals surface area (Å²) in [4.78, 5) is 44.7. The molecule has 4 aromatic rings. The molecule has 1 atom stereocenters. The molecule has 0 spiro atoms. The van der Waals surface area contributed by atoms with E-state index in [1.54, 1.807) is 43.6 Å². The molecular weight excluding hydrogens is 524 g/mol. The van der Waals surface area contributed by atoms with Crippen molar-refractivity contribution in [2.45, 2.75) is 32.7 Å². The van der Waals surface area contributed by atoms with Crippen molar-refractivity contribution in [1.29, 1.82) is 0 Å². The Morgan fingerprint density at radius 2 is 2.00 bits per heavy atom. The van der Waals surface area contributed by atoms with Crippen molar-refractivity contribution < 1.29 is 19.1 Å². The first-order valence-corrected chi connectivity index (χ1v) is 13.6. The molecule has 0 radical (unpaired) electrons. The number of carbonyl (C=O) groups is 3. The van der Waals surface area contributed by atoms with E-state index in [1.807, 2.05) is 12.1 Å². The van der Waals surface area contributed by atoms with E-state index in [0.717, 1.165) is 30.5 Å². The third-order valence-electron chi connectivity index (χ3n) is 7.49. The lowest BCUT2D eigenvalue weighted by molar-refractivity contribution is -0.117. The van der Waals surface area contributed by atoms with Crippen molar-refractivity contribution in [3.8, 4) is 16.9 Å². The highest BCUT2D eigenvalue weighted by Gasteiger charge is 2.23. The van der Waals surface area contributed by atoms with Gasteiger partial charge in [-0.1, -0.05) is 17.3 Å². The predicted octanol–water partition coefficient (Wildman–Crippen LogP) is 2.90. The van der Waals surface area contributed by atoms with Gasteiger partial charge < -0.3 is 20.7 Å². The van der Waals surface area contributed by atoms with Crippen LogP contribution in [0.2, 0.25) is 0 Å². The summed E-state index contributed by atoms with van der Waals surface area (Å²) < 4.78 is 7.16. The van der Waals surface area contributed by atoms with E-state index in [2.05, 4.69) is 43.1 Å². The van der Waals surface area contributed by atoms with Gasteiger partial charge in [-0.05, 0) is 63.1 Å². The van der Waals surface area contributed by atoms with Crippen LogP contribution in [0, 0.1) is 6.92 Å². The average molecular weight is 555 g/mol. The second-order valence-electron chi connectivity index (χ2n) is 10.3. The molecule has 0 unspecified atom stereocenters. The molecule has 0 bridgehead atoms. The summed E-state index contributed by atoms with van der Waals surface area (Å²) in [5.74, 6) is -0.218. The van der Waals surface area contributed by atoms with Gasteiger partial charge in [0.05, 0.1) is 47.4 Å². The normalized spacial score (nSPS) is 16.9. The number of hydrogen-bond acceptors (Lipinski definition) is 8. The molecule has 1 aromatic carbocycles. The molecule has 1 saturated heterocycles. The Kier molecular flexibility index (Phi) is 7.06. The highest BCUT2D eigenvalue weighted by molar-refractivity contribution is 6.08. The van der Waals surface area contributed by atoms with Gasteiger partial charge in [0.25, 0.3) is 11.8 Å². The molecule has 1 fully saturated rings. The number of hydrogen-bond donors (Lipinski definition) is 3. The topological polar surface area (TPSA) is 143 Å². The molecule has 2 aliphatic heterocycles. The molecule has 6 rings (SSSR count). The third-order valence-corrected chi connectivity index (χ3v) is 7.49. The Hall–Kier alpha value is -4.84. The van der Waals surface area contributed by atoms with E-state index >= 15 is 0 Å². The number of rotatable bonds is 6. The fourth-order valence-electron chi connectivity index (χ4n) is 5.18. The van der Waals surface area contributed by atoms with Crippen molar-refractivity contribution in [2.75, 3.05) is 36.9 Å². The van der Waals surface area contributed by atoms with E-state index in [9.17, 15) is 14.4 Å². The van der Waals surface area contributed by atoms with Crippen LogP contribution < -0.4 is 20.7 Å². The van der Waals surface area contributed by atoms with Crippen molar-refractivity contribution in [3.05, 3.63) is 65.7 Å². The number of aromatic nitrogens is 4. The van der Waals surface area contributed by atoms with E-state index < -0.39 is 5.91 Å². The minimum atomic E-state index is -0.453. The largest absolute Gasteiger partial charge is 0.491 e. The van der Waals surface area contributed by atoms with Crippen molar-refractivity contribution in [2.24, 2.45) is 0 Å². The number of likely N-dealkylation sites (tertiary alicyclic amines) is 1. The maximum Gasteiger partial charge on any atom is 0.278 e. The lowest BCUT2D eigenvalue weighted by Gasteiger charge is -2.20. The van der Waals surface area contributed by atoms with Crippen molar-refractivity contribution in [3.63, 3.8) is 0 Å². The standard InChI is InChI=1S/C29H30N8O4/c1-17-4-3-10-36(17)16-26(38)32-21-13-23(18(2)31-14-21)33-29(40)27-24-7-5-20(15-37(24)35-34-27)19-6-8-25-22(12-19)28(39)30-9-11-41-25/h5-8,12-15,17H,3-4,9-11,16H2,1-2H3,(H,30,39)(H,32,38)(H,33,40)/t17-/m0/s1. The van der Waals surface area contributed by atoms with Crippen molar-refractivity contribution >= 4 is 34.6 Å². The Labute approximate surface area is 236 Å². The van der Waals surface area contributed by atoms with Crippen molar-refractivity contribution in [1.82, 2.24) is 30.0 Å². The van der Waals surface area contributed by atoms with Crippen LogP contribution in [0.15, 0.2) is 48.8 Å². The number of amides is 3. The highest BCUT2D eigenvalue weighted by Crippen LogP contribution is 2.28. The predicted molar refractivity (Wildman–Crippen MR) is 152 cm³/mol. The number of benzene rings is 1. The van der Waals surface area contributed by atoms with Crippen LogP contribution in [-0.4, -0.2) is 74.7 Å².